The number of anilines is 6. The van der Waals surface area contributed by atoms with Gasteiger partial charge in [-0.05, 0) is 132 Å². The van der Waals surface area contributed by atoms with Crippen molar-refractivity contribution in [2.75, 3.05) is 9.80 Å². The van der Waals surface area contributed by atoms with Crippen molar-refractivity contribution < 1.29 is 8.83 Å². The molecular weight excluding hydrogens is 821 g/mol. The molecule has 0 aliphatic heterocycles. The summed E-state index contributed by atoms with van der Waals surface area (Å²) >= 11 is 3.73. The largest absolute Gasteiger partial charge is 0.456 e. The number of furan rings is 2. The van der Waals surface area contributed by atoms with Gasteiger partial charge in [0.15, 0.2) is 0 Å². The SMILES string of the molecule is c1ccc(N(c2ccc3c(c2)oc2ccccc23)c2ccc3sc4cc5cc6sc7ccc(N(c8ccccc8)c8ccc9c(c8)oc8ccccc89)cc7c6cc5cc4c3c2)cc1. The Kier molecular flexibility index (Phi) is 7.69. The molecule has 4 nitrogen and oxygen atoms in total. The van der Waals surface area contributed by atoms with Crippen LogP contribution in [-0.4, -0.2) is 0 Å². The van der Waals surface area contributed by atoms with Crippen LogP contribution in [0.5, 0.6) is 0 Å². The molecular formula is C58H34N2O2S2. The molecule has 0 fully saturated rings. The van der Waals surface area contributed by atoms with Gasteiger partial charge in [0.1, 0.15) is 22.3 Å². The molecule has 0 aliphatic carbocycles. The summed E-state index contributed by atoms with van der Waals surface area (Å²) in [6, 6.07) is 74.3. The Hall–Kier alpha value is -7.90. The molecule has 14 aromatic rings. The van der Waals surface area contributed by atoms with Crippen LogP contribution in [0.4, 0.5) is 34.1 Å². The summed E-state index contributed by atoms with van der Waals surface area (Å²) in [5, 5.41) is 12.0. The molecule has 14 rings (SSSR count). The van der Waals surface area contributed by atoms with Gasteiger partial charge in [-0.25, -0.2) is 0 Å². The lowest BCUT2D eigenvalue weighted by atomic mass is 10.0. The summed E-state index contributed by atoms with van der Waals surface area (Å²) < 4.78 is 17.9. The number of para-hydroxylation sites is 4. The highest BCUT2D eigenvalue weighted by Gasteiger charge is 2.20. The summed E-state index contributed by atoms with van der Waals surface area (Å²) in [6.45, 7) is 0. The van der Waals surface area contributed by atoms with Gasteiger partial charge in [-0.3, -0.25) is 0 Å². The molecule has 10 aromatic carbocycles. The third-order valence-corrected chi connectivity index (χ3v) is 15.0. The molecule has 6 heteroatoms. The van der Waals surface area contributed by atoms with E-state index in [0.717, 1.165) is 78.0 Å². The molecule has 0 saturated heterocycles. The Labute approximate surface area is 374 Å². The fourth-order valence-electron chi connectivity index (χ4n) is 9.80. The Morgan fingerprint density at radius 3 is 1.11 bits per heavy atom. The first-order valence-corrected chi connectivity index (χ1v) is 23.1. The lowest BCUT2D eigenvalue weighted by Gasteiger charge is -2.25. The van der Waals surface area contributed by atoms with E-state index in [1.165, 1.54) is 51.1 Å². The van der Waals surface area contributed by atoms with Crippen LogP contribution in [-0.2, 0) is 0 Å². The fraction of sp³-hybridized carbons (Fsp3) is 0. The van der Waals surface area contributed by atoms with Crippen molar-refractivity contribution in [3.8, 4) is 0 Å². The number of rotatable bonds is 6. The highest BCUT2D eigenvalue weighted by atomic mass is 32.1. The molecule has 0 radical (unpaired) electrons. The number of hydrogen-bond acceptors (Lipinski definition) is 6. The smallest absolute Gasteiger partial charge is 0.137 e. The summed E-state index contributed by atoms with van der Waals surface area (Å²) in [7, 11) is 0. The molecule has 0 amide bonds. The van der Waals surface area contributed by atoms with Gasteiger partial charge >= 0.3 is 0 Å². The minimum Gasteiger partial charge on any atom is -0.456 e. The lowest BCUT2D eigenvalue weighted by molar-refractivity contribution is 0.668. The summed E-state index contributed by atoms with van der Waals surface area (Å²) in [5.74, 6) is 0. The van der Waals surface area contributed by atoms with E-state index in [2.05, 4.69) is 192 Å². The van der Waals surface area contributed by atoms with Gasteiger partial charge in [-0.15, -0.1) is 22.7 Å². The molecule has 4 aromatic heterocycles. The highest BCUT2D eigenvalue weighted by molar-refractivity contribution is 7.26. The third-order valence-electron chi connectivity index (χ3n) is 12.8. The highest BCUT2D eigenvalue weighted by Crippen LogP contribution is 2.46. The van der Waals surface area contributed by atoms with Crippen molar-refractivity contribution in [2.24, 2.45) is 0 Å². The van der Waals surface area contributed by atoms with Crippen LogP contribution >= 0.6 is 22.7 Å². The molecule has 64 heavy (non-hydrogen) atoms. The summed E-state index contributed by atoms with van der Waals surface area (Å²) in [5.41, 5.74) is 10.0. The third kappa shape index (κ3) is 5.53. The molecule has 0 atom stereocenters. The van der Waals surface area contributed by atoms with Crippen LogP contribution in [0.2, 0.25) is 0 Å². The number of hydrogen-bond donors (Lipinski definition) is 0. The van der Waals surface area contributed by atoms with Crippen molar-refractivity contribution in [2.45, 2.75) is 0 Å². The fourth-order valence-corrected chi connectivity index (χ4v) is 12.0. The molecule has 0 aliphatic rings. The molecule has 0 saturated carbocycles. The van der Waals surface area contributed by atoms with Crippen molar-refractivity contribution in [1.29, 1.82) is 0 Å². The number of fused-ring (bicyclic) bond motifs is 13. The summed E-state index contributed by atoms with van der Waals surface area (Å²) in [4.78, 5) is 4.67. The number of thiophene rings is 2. The van der Waals surface area contributed by atoms with Gasteiger partial charge in [-0.1, -0.05) is 72.8 Å². The topological polar surface area (TPSA) is 32.8 Å². The number of nitrogens with zero attached hydrogens (tertiary/aromatic N) is 2. The first-order valence-electron chi connectivity index (χ1n) is 21.5. The van der Waals surface area contributed by atoms with E-state index in [1.807, 2.05) is 46.9 Å². The van der Waals surface area contributed by atoms with Gasteiger partial charge in [0.2, 0.25) is 0 Å². The monoisotopic (exact) mass is 854 g/mol. The van der Waals surface area contributed by atoms with Crippen LogP contribution in [0, 0.1) is 0 Å². The maximum atomic E-state index is 6.37. The van der Waals surface area contributed by atoms with Crippen LogP contribution in [0.15, 0.2) is 215 Å². The van der Waals surface area contributed by atoms with Gasteiger partial charge in [0, 0.05) is 108 Å². The molecule has 0 spiro atoms. The second-order valence-corrected chi connectivity index (χ2v) is 18.7. The second-order valence-electron chi connectivity index (χ2n) is 16.5. The summed E-state index contributed by atoms with van der Waals surface area (Å²) in [6.07, 6.45) is 0. The predicted octanol–water partition coefficient (Wildman–Crippen LogP) is 18.3. The van der Waals surface area contributed by atoms with Crippen LogP contribution < -0.4 is 9.80 Å². The van der Waals surface area contributed by atoms with Crippen molar-refractivity contribution >= 4 is 152 Å². The average molecular weight is 855 g/mol. The molecule has 0 N–H and O–H groups in total. The van der Waals surface area contributed by atoms with Crippen LogP contribution in [0.1, 0.15) is 0 Å². The van der Waals surface area contributed by atoms with Crippen molar-refractivity contribution in [1.82, 2.24) is 0 Å². The number of benzene rings is 10. The van der Waals surface area contributed by atoms with E-state index in [9.17, 15) is 0 Å². The lowest BCUT2D eigenvalue weighted by Crippen LogP contribution is -2.09. The molecule has 0 unspecified atom stereocenters. The minimum atomic E-state index is 0.879. The second kappa shape index (κ2) is 13.8. The van der Waals surface area contributed by atoms with Gasteiger partial charge in [0.25, 0.3) is 0 Å². The Bertz CT molecular complexity index is 3900. The van der Waals surface area contributed by atoms with Crippen molar-refractivity contribution in [3.05, 3.63) is 206 Å². The minimum absolute atomic E-state index is 0.879. The van der Waals surface area contributed by atoms with E-state index < -0.39 is 0 Å². The standard InChI is InChI=1S/C58H34N2O2S2/c1-3-11-37(12-4-1)59(41-19-23-45-43-15-7-9-17-51(43)61-53(45)33-41)39-21-25-55-49(31-39)47-27-35-28-48-50-32-40(22-26-56(50)64-58(48)30-36(35)29-57(47)63-55)60(38-13-5-2-6-14-38)42-20-24-46-44-16-8-10-18-52(44)62-54(46)34-42/h1-34H. The molecule has 4 heterocycles. The van der Waals surface area contributed by atoms with E-state index in [-0.39, 0.29) is 0 Å². The van der Waals surface area contributed by atoms with Gasteiger partial charge in [-0.2, -0.15) is 0 Å². The van der Waals surface area contributed by atoms with E-state index in [4.69, 9.17) is 8.83 Å². The van der Waals surface area contributed by atoms with Gasteiger partial charge in [0.05, 0.1) is 0 Å². The van der Waals surface area contributed by atoms with Crippen LogP contribution in [0.25, 0.3) is 95.0 Å². The molecule has 300 valence electrons. The van der Waals surface area contributed by atoms with E-state index in [1.54, 1.807) is 0 Å². The van der Waals surface area contributed by atoms with E-state index >= 15 is 0 Å². The average Bonchev–Trinajstić information content (AvgIpc) is 4.10. The van der Waals surface area contributed by atoms with Gasteiger partial charge < -0.3 is 18.6 Å². The first-order chi connectivity index (χ1) is 31.7. The maximum absolute atomic E-state index is 6.37. The quantitative estimate of drug-likeness (QED) is 0.167. The Morgan fingerprint density at radius 2 is 0.625 bits per heavy atom. The maximum Gasteiger partial charge on any atom is 0.137 e. The first kappa shape index (κ1) is 35.7. The predicted molar refractivity (Wildman–Crippen MR) is 274 cm³/mol. The Morgan fingerprint density at radius 1 is 0.250 bits per heavy atom. The normalized spacial score (nSPS) is 12.1. The zero-order valence-corrected chi connectivity index (χ0v) is 35.8. The zero-order valence-electron chi connectivity index (χ0n) is 34.2. The molecule has 0 bridgehead atoms. The zero-order chi connectivity index (χ0) is 41.9. The Balaban J connectivity index is 0.903. The van der Waals surface area contributed by atoms with E-state index in [0.29, 0.717) is 0 Å². The van der Waals surface area contributed by atoms with Crippen molar-refractivity contribution in [3.63, 3.8) is 0 Å². The van der Waals surface area contributed by atoms with Crippen LogP contribution in [0.3, 0.4) is 0 Å².